The summed E-state index contributed by atoms with van der Waals surface area (Å²) in [6, 6.07) is 0.450. The Hall–Kier alpha value is -0.990. The van der Waals surface area contributed by atoms with Gasteiger partial charge in [0.05, 0.1) is 5.69 Å². The predicted molar refractivity (Wildman–Crippen MR) is 74.7 cm³/mol. The van der Waals surface area contributed by atoms with E-state index in [1.807, 2.05) is 0 Å². The lowest BCUT2D eigenvalue weighted by atomic mass is 9.89. The van der Waals surface area contributed by atoms with Crippen molar-refractivity contribution in [3.63, 3.8) is 0 Å². The number of aromatic nitrogens is 2. The molecule has 0 aromatic carbocycles. The second-order valence-electron chi connectivity index (χ2n) is 6.59. The lowest BCUT2D eigenvalue weighted by Crippen LogP contribution is -2.20. The number of aryl methyl sites for hydroxylation is 1. The quantitative estimate of drug-likeness (QED) is 0.883. The summed E-state index contributed by atoms with van der Waals surface area (Å²) >= 11 is 0. The number of hydrogen-bond donors (Lipinski definition) is 1. The molecule has 0 aliphatic heterocycles. The molecule has 2 fully saturated rings. The van der Waals surface area contributed by atoms with Crippen molar-refractivity contribution in [1.82, 2.24) is 9.55 Å². The van der Waals surface area contributed by atoms with Gasteiger partial charge in [-0.2, -0.15) is 0 Å². The summed E-state index contributed by atoms with van der Waals surface area (Å²) in [4.78, 5) is 4.61. The zero-order chi connectivity index (χ0) is 12.7. The SMILES string of the molecule is Cc1cn(CC2CC3CCC2C3)c(NC(C)C)n1. The van der Waals surface area contributed by atoms with E-state index in [-0.39, 0.29) is 0 Å². The molecule has 0 radical (unpaired) electrons. The minimum absolute atomic E-state index is 0.450. The van der Waals surface area contributed by atoms with Gasteiger partial charge in [-0.3, -0.25) is 0 Å². The van der Waals surface area contributed by atoms with Gasteiger partial charge in [-0.1, -0.05) is 6.42 Å². The Bertz CT molecular complexity index is 421. The van der Waals surface area contributed by atoms with E-state index in [4.69, 9.17) is 0 Å². The van der Waals surface area contributed by atoms with Crippen LogP contribution in [0.15, 0.2) is 6.20 Å². The Morgan fingerprint density at radius 2 is 2.22 bits per heavy atom. The van der Waals surface area contributed by atoms with Crippen LogP contribution < -0.4 is 5.32 Å². The maximum absolute atomic E-state index is 4.61. The molecule has 3 rings (SSSR count). The molecule has 2 aliphatic carbocycles. The van der Waals surface area contributed by atoms with Crippen molar-refractivity contribution in [1.29, 1.82) is 0 Å². The van der Waals surface area contributed by atoms with Crippen LogP contribution in [0.25, 0.3) is 0 Å². The summed E-state index contributed by atoms with van der Waals surface area (Å²) in [5.74, 6) is 3.98. The van der Waals surface area contributed by atoms with E-state index in [1.54, 1.807) is 0 Å². The molecule has 0 saturated heterocycles. The Morgan fingerprint density at radius 3 is 2.83 bits per heavy atom. The van der Waals surface area contributed by atoms with Crippen LogP contribution in [0.4, 0.5) is 5.95 Å². The fourth-order valence-electron chi connectivity index (χ4n) is 3.91. The zero-order valence-electron chi connectivity index (χ0n) is 11.8. The molecule has 1 aromatic heterocycles. The van der Waals surface area contributed by atoms with Crippen molar-refractivity contribution in [2.24, 2.45) is 17.8 Å². The van der Waals surface area contributed by atoms with Gasteiger partial charge < -0.3 is 9.88 Å². The molecule has 1 heterocycles. The Labute approximate surface area is 110 Å². The first-order chi connectivity index (χ1) is 8.61. The standard InChI is InChI=1S/C15H25N3/c1-10(2)16-15-17-11(3)8-18(15)9-14-7-12-4-5-13(14)6-12/h8,10,12-14H,4-7,9H2,1-3H3,(H,16,17). The number of rotatable bonds is 4. The molecule has 3 atom stereocenters. The van der Waals surface area contributed by atoms with E-state index in [1.165, 1.54) is 25.7 Å². The maximum atomic E-state index is 4.61. The van der Waals surface area contributed by atoms with Crippen molar-refractivity contribution < 1.29 is 0 Å². The number of hydrogen-bond acceptors (Lipinski definition) is 2. The van der Waals surface area contributed by atoms with Crippen molar-refractivity contribution in [2.45, 2.75) is 59.0 Å². The third-order valence-electron chi connectivity index (χ3n) is 4.63. The lowest BCUT2D eigenvalue weighted by molar-refractivity contribution is 0.297. The molecule has 0 spiro atoms. The van der Waals surface area contributed by atoms with E-state index in [9.17, 15) is 0 Å². The number of anilines is 1. The third-order valence-corrected chi connectivity index (χ3v) is 4.63. The second-order valence-corrected chi connectivity index (χ2v) is 6.59. The van der Waals surface area contributed by atoms with Crippen molar-refractivity contribution in [3.8, 4) is 0 Å². The first-order valence-corrected chi connectivity index (χ1v) is 7.42. The van der Waals surface area contributed by atoms with Crippen molar-refractivity contribution in [2.75, 3.05) is 5.32 Å². The zero-order valence-corrected chi connectivity index (χ0v) is 11.8. The van der Waals surface area contributed by atoms with Crippen LogP contribution in [-0.4, -0.2) is 15.6 Å². The maximum Gasteiger partial charge on any atom is 0.203 e. The molecule has 2 bridgehead atoms. The molecule has 0 amide bonds. The average Bonchev–Trinajstić information content (AvgIpc) is 2.94. The van der Waals surface area contributed by atoms with E-state index >= 15 is 0 Å². The fraction of sp³-hybridized carbons (Fsp3) is 0.800. The van der Waals surface area contributed by atoms with Crippen LogP contribution in [0.1, 0.15) is 45.2 Å². The highest BCUT2D eigenvalue weighted by atomic mass is 15.2. The third kappa shape index (κ3) is 2.27. The largest absolute Gasteiger partial charge is 0.353 e. The summed E-state index contributed by atoms with van der Waals surface area (Å²) in [6.45, 7) is 7.59. The Kier molecular flexibility index (Phi) is 3.08. The molecule has 3 heteroatoms. The van der Waals surface area contributed by atoms with Crippen molar-refractivity contribution >= 4 is 5.95 Å². The molecule has 3 nitrogen and oxygen atoms in total. The first kappa shape index (κ1) is 12.1. The van der Waals surface area contributed by atoms with Gasteiger partial charge in [0, 0.05) is 18.8 Å². The average molecular weight is 247 g/mol. The highest BCUT2D eigenvalue weighted by Gasteiger charge is 2.39. The van der Waals surface area contributed by atoms with E-state index < -0.39 is 0 Å². The summed E-state index contributed by atoms with van der Waals surface area (Å²) < 4.78 is 2.35. The molecule has 1 N–H and O–H groups in total. The second kappa shape index (κ2) is 4.60. The van der Waals surface area contributed by atoms with Crippen LogP contribution in [0, 0.1) is 24.7 Å². The minimum Gasteiger partial charge on any atom is -0.353 e. The number of imidazole rings is 1. The summed E-state index contributed by atoms with van der Waals surface area (Å²) in [5, 5.41) is 3.46. The molecular formula is C15H25N3. The van der Waals surface area contributed by atoms with Crippen LogP contribution >= 0.6 is 0 Å². The molecule has 100 valence electrons. The normalized spacial score (nSPS) is 30.3. The van der Waals surface area contributed by atoms with E-state index in [0.717, 1.165) is 35.9 Å². The first-order valence-electron chi connectivity index (χ1n) is 7.42. The van der Waals surface area contributed by atoms with E-state index in [2.05, 4.69) is 41.8 Å². The van der Waals surface area contributed by atoms with Gasteiger partial charge in [-0.05, 0) is 57.8 Å². The summed E-state index contributed by atoms with van der Waals surface area (Å²) in [6.07, 6.45) is 8.10. The van der Waals surface area contributed by atoms with Gasteiger partial charge in [0.1, 0.15) is 0 Å². The number of nitrogens with one attached hydrogen (secondary N) is 1. The van der Waals surface area contributed by atoms with Crippen LogP contribution in [-0.2, 0) is 6.54 Å². The fourth-order valence-corrected chi connectivity index (χ4v) is 3.91. The van der Waals surface area contributed by atoms with Gasteiger partial charge in [0.15, 0.2) is 0 Å². The van der Waals surface area contributed by atoms with Gasteiger partial charge in [-0.15, -0.1) is 0 Å². The Balaban J connectivity index is 1.72. The van der Waals surface area contributed by atoms with Crippen LogP contribution in [0.5, 0.6) is 0 Å². The van der Waals surface area contributed by atoms with Crippen LogP contribution in [0.3, 0.4) is 0 Å². The van der Waals surface area contributed by atoms with Gasteiger partial charge in [0.2, 0.25) is 5.95 Å². The number of fused-ring (bicyclic) bond motifs is 2. The monoisotopic (exact) mass is 247 g/mol. The molecular weight excluding hydrogens is 222 g/mol. The topological polar surface area (TPSA) is 29.9 Å². The minimum atomic E-state index is 0.450. The van der Waals surface area contributed by atoms with Gasteiger partial charge in [-0.25, -0.2) is 4.98 Å². The van der Waals surface area contributed by atoms with Crippen molar-refractivity contribution in [3.05, 3.63) is 11.9 Å². The number of nitrogens with zero attached hydrogens (tertiary/aromatic N) is 2. The lowest BCUT2D eigenvalue weighted by Gasteiger charge is -2.23. The molecule has 2 aliphatic rings. The summed E-state index contributed by atoms with van der Waals surface area (Å²) in [7, 11) is 0. The molecule has 3 unspecified atom stereocenters. The molecule has 2 saturated carbocycles. The smallest absolute Gasteiger partial charge is 0.203 e. The highest BCUT2D eigenvalue weighted by molar-refractivity contribution is 5.29. The van der Waals surface area contributed by atoms with Gasteiger partial charge >= 0.3 is 0 Å². The Morgan fingerprint density at radius 1 is 1.39 bits per heavy atom. The molecule has 18 heavy (non-hydrogen) atoms. The van der Waals surface area contributed by atoms with Gasteiger partial charge in [0.25, 0.3) is 0 Å². The highest BCUT2D eigenvalue weighted by Crippen LogP contribution is 2.49. The summed E-state index contributed by atoms with van der Waals surface area (Å²) in [5.41, 5.74) is 1.13. The predicted octanol–water partition coefficient (Wildman–Crippen LogP) is 3.45. The molecule has 1 aromatic rings. The van der Waals surface area contributed by atoms with Crippen LogP contribution in [0.2, 0.25) is 0 Å². The van der Waals surface area contributed by atoms with E-state index in [0.29, 0.717) is 6.04 Å².